The van der Waals surface area contributed by atoms with E-state index in [4.69, 9.17) is 4.65 Å². The molecule has 0 fully saturated rings. The molecule has 0 spiro atoms. The molecule has 0 aliphatic heterocycles. The van der Waals surface area contributed by atoms with Gasteiger partial charge in [0, 0.05) is 11.8 Å². The second-order valence-electron chi connectivity index (χ2n) is 4.11. The Labute approximate surface area is 103 Å². The SMILES string of the molecule is BOC1=CCCC=C1/C=N/c1cccc(C)c1. The maximum atomic E-state index is 5.32. The highest BCUT2D eigenvalue weighted by atomic mass is 16.4. The van der Waals surface area contributed by atoms with Crippen molar-refractivity contribution in [3.05, 3.63) is 53.3 Å². The number of aryl methyl sites for hydroxylation is 1. The van der Waals surface area contributed by atoms with Crippen LogP contribution in [0.25, 0.3) is 0 Å². The van der Waals surface area contributed by atoms with Crippen molar-refractivity contribution in [3.63, 3.8) is 0 Å². The van der Waals surface area contributed by atoms with Gasteiger partial charge in [-0.05, 0) is 43.5 Å². The third-order valence-corrected chi connectivity index (χ3v) is 2.72. The number of hydrogen-bond donors (Lipinski definition) is 0. The van der Waals surface area contributed by atoms with Crippen molar-refractivity contribution in [1.82, 2.24) is 0 Å². The van der Waals surface area contributed by atoms with Crippen LogP contribution in [0.2, 0.25) is 0 Å². The summed E-state index contributed by atoms with van der Waals surface area (Å²) in [7, 11) is 1.70. The number of benzene rings is 1. The highest BCUT2D eigenvalue weighted by Crippen LogP contribution is 2.19. The summed E-state index contributed by atoms with van der Waals surface area (Å²) >= 11 is 0. The van der Waals surface area contributed by atoms with Gasteiger partial charge in [-0.25, -0.2) is 0 Å². The molecule has 1 aliphatic rings. The highest BCUT2D eigenvalue weighted by Gasteiger charge is 2.05. The van der Waals surface area contributed by atoms with Crippen LogP contribution in [0.4, 0.5) is 5.69 Å². The van der Waals surface area contributed by atoms with Crippen molar-refractivity contribution >= 4 is 20.0 Å². The van der Waals surface area contributed by atoms with Crippen LogP contribution in [0.1, 0.15) is 18.4 Å². The summed E-state index contributed by atoms with van der Waals surface area (Å²) < 4.78 is 5.32. The minimum absolute atomic E-state index is 0.924. The van der Waals surface area contributed by atoms with Gasteiger partial charge >= 0.3 is 8.05 Å². The van der Waals surface area contributed by atoms with Gasteiger partial charge in [0.2, 0.25) is 0 Å². The standard InChI is InChI=1S/C14H16BNO/c1-11-5-4-7-13(9-11)16-10-12-6-2-3-8-14(12)17-15/h4-10H,2-3,15H2,1H3/b16-10+. The number of hydrogen-bond acceptors (Lipinski definition) is 2. The quantitative estimate of drug-likeness (QED) is 0.572. The Morgan fingerprint density at radius 2 is 2.12 bits per heavy atom. The molecule has 0 saturated heterocycles. The minimum Gasteiger partial charge on any atom is -0.568 e. The predicted octanol–water partition coefficient (Wildman–Crippen LogP) is 2.87. The van der Waals surface area contributed by atoms with Crippen LogP contribution in [-0.2, 0) is 4.65 Å². The lowest BCUT2D eigenvalue weighted by Gasteiger charge is -2.11. The van der Waals surface area contributed by atoms with Crippen LogP contribution in [0.3, 0.4) is 0 Å². The molecule has 2 nitrogen and oxygen atoms in total. The molecule has 1 aromatic rings. The Morgan fingerprint density at radius 1 is 1.29 bits per heavy atom. The Balaban J connectivity index is 2.15. The topological polar surface area (TPSA) is 21.6 Å². The van der Waals surface area contributed by atoms with Gasteiger partial charge in [-0.15, -0.1) is 0 Å². The monoisotopic (exact) mass is 225 g/mol. The minimum atomic E-state index is 0.924. The average Bonchev–Trinajstić information content (AvgIpc) is 2.37. The van der Waals surface area contributed by atoms with Gasteiger partial charge in [-0.3, -0.25) is 4.99 Å². The summed E-state index contributed by atoms with van der Waals surface area (Å²) in [6.45, 7) is 2.07. The van der Waals surface area contributed by atoms with Crippen molar-refractivity contribution in [2.75, 3.05) is 0 Å². The molecule has 1 aromatic carbocycles. The third kappa shape index (κ3) is 3.10. The van der Waals surface area contributed by atoms with Gasteiger partial charge in [-0.1, -0.05) is 18.2 Å². The van der Waals surface area contributed by atoms with Crippen LogP contribution in [-0.4, -0.2) is 14.3 Å². The summed E-state index contributed by atoms with van der Waals surface area (Å²) in [6.07, 6.45) is 8.26. The summed E-state index contributed by atoms with van der Waals surface area (Å²) in [4.78, 5) is 4.47. The predicted molar refractivity (Wildman–Crippen MR) is 74.4 cm³/mol. The van der Waals surface area contributed by atoms with Crippen molar-refractivity contribution < 1.29 is 4.65 Å². The second kappa shape index (κ2) is 5.53. The van der Waals surface area contributed by atoms with E-state index in [9.17, 15) is 0 Å². The van der Waals surface area contributed by atoms with Crippen LogP contribution in [0.5, 0.6) is 0 Å². The van der Waals surface area contributed by atoms with Gasteiger partial charge < -0.3 is 4.65 Å². The molecule has 0 aromatic heterocycles. The zero-order valence-electron chi connectivity index (χ0n) is 10.3. The first kappa shape index (κ1) is 11.7. The number of nitrogens with zero attached hydrogens (tertiary/aromatic N) is 1. The first-order valence-electron chi connectivity index (χ1n) is 5.85. The molecular formula is C14H16BNO. The molecule has 0 heterocycles. The summed E-state index contributed by atoms with van der Waals surface area (Å²) in [5.74, 6) is 0.924. The van der Waals surface area contributed by atoms with E-state index in [0.29, 0.717) is 0 Å². The highest BCUT2D eigenvalue weighted by molar-refractivity contribution is 6.00. The Hall–Kier alpha value is -1.77. The van der Waals surface area contributed by atoms with Crippen LogP contribution < -0.4 is 0 Å². The Kier molecular flexibility index (Phi) is 3.81. The van der Waals surface area contributed by atoms with E-state index < -0.39 is 0 Å². The molecule has 3 heteroatoms. The maximum absolute atomic E-state index is 5.32. The van der Waals surface area contributed by atoms with Gasteiger partial charge in [0.25, 0.3) is 0 Å². The molecule has 0 saturated carbocycles. The number of allylic oxidation sites excluding steroid dienone is 3. The fourth-order valence-electron chi connectivity index (χ4n) is 1.84. The van der Waals surface area contributed by atoms with E-state index in [1.165, 1.54) is 5.56 Å². The molecule has 1 aliphatic carbocycles. The molecule has 86 valence electrons. The molecule has 0 unspecified atom stereocenters. The summed E-state index contributed by atoms with van der Waals surface area (Å²) in [5.41, 5.74) is 3.27. The lowest BCUT2D eigenvalue weighted by molar-refractivity contribution is 0.481. The van der Waals surface area contributed by atoms with E-state index >= 15 is 0 Å². The van der Waals surface area contributed by atoms with Crippen LogP contribution in [0.15, 0.2) is 52.7 Å². The summed E-state index contributed by atoms with van der Waals surface area (Å²) in [6, 6.07) is 8.16. The first-order valence-corrected chi connectivity index (χ1v) is 5.85. The maximum Gasteiger partial charge on any atom is 0.322 e. The van der Waals surface area contributed by atoms with E-state index in [0.717, 1.165) is 29.9 Å². The number of aliphatic imine (C=N–C) groups is 1. The first-order chi connectivity index (χ1) is 8.29. The Morgan fingerprint density at radius 3 is 2.88 bits per heavy atom. The Bertz CT molecular complexity index is 489. The zero-order chi connectivity index (χ0) is 12.1. The molecule has 0 radical (unpaired) electrons. The van der Waals surface area contributed by atoms with Crippen molar-refractivity contribution in [2.45, 2.75) is 19.8 Å². The molecular weight excluding hydrogens is 209 g/mol. The number of rotatable bonds is 3. The summed E-state index contributed by atoms with van der Waals surface area (Å²) in [5, 5.41) is 0. The van der Waals surface area contributed by atoms with Crippen LogP contribution in [0, 0.1) is 6.92 Å². The second-order valence-corrected chi connectivity index (χ2v) is 4.11. The largest absolute Gasteiger partial charge is 0.568 e. The van der Waals surface area contributed by atoms with Crippen molar-refractivity contribution in [1.29, 1.82) is 0 Å². The smallest absolute Gasteiger partial charge is 0.322 e. The van der Waals surface area contributed by atoms with Gasteiger partial charge in [0.15, 0.2) is 0 Å². The lowest BCUT2D eigenvalue weighted by atomic mass is 10.1. The van der Waals surface area contributed by atoms with E-state index in [1.807, 2.05) is 18.3 Å². The molecule has 0 atom stereocenters. The molecule has 0 N–H and O–H groups in total. The van der Waals surface area contributed by atoms with Gasteiger partial charge in [0.05, 0.1) is 5.69 Å². The molecule has 0 amide bonds. The molecule has 17 heavy (non-hydrogen) atoms. The van der Waals surface area contributed by atoms with E-state index in [2.05, 4.69) is 36.2 Å². The van der Waals surface area contributed by atoms with Crippen molar-refractivity contribution in [3.8, 4) is 0 Å². The van der Waals surface area contributed by atoms with Crippen LogP contribution >= 0.6 is 0 Å². The van der Waals surface area contributed by atoms with Crippen molar-refractivity contribution in [2.24, 2.45) is 4.99 Å². The van der Waals surface area contributed by atoms with Gasteiger partial charge in [0.1, 0.15) is 5.76 Å². The fourth-order valence-corrected chi connectivity index (χ4v) is 1.84. The molecule has 0 bridgehead atoms. The molecule has 2 rings (SSSR count). The lowest BCUT2D eigenvalue weighted by Crippen LogP contribution is -1.99. The van der Waals surface area contributed by atoms with E-state index in [1.54, 1.807) is 8.05 Å². The third-order valence-electron chi connectivity index (χ3n) is 2.72. The normalized spacial score (nSPS) is 15.6. The van der Waals surface area contributed by atoms with E-state index in [-0.39, 0.29) is 0 Å². The van der Waals surface area contributed by atoms with Gasteiger partial charge in [-0.2, -0.15) is 0 Å². The average molecular weight is 225 g/mol. The zero-order valence-corrected chi connectivity index (χ0v) is 10.3. The fraction of sp³-hybridized carbons (Fsp3) is 0.214.